The normalized spacial score (nSPS) is 10.7. The zero-order chi connectivity index (χ0) is 11.8. The van der Waals surface area contributed by atoms with Crippen LogP contribution in [-0.2, 0) is 6.42 Å². The second-order valence-electron chi connectivity index (χ2n) is 3.71. The lowest BCUT2D eigenvalue weighted by molar-refractivity contribution is 0.484. The van der Waals surface area contributed by atoms with Crippen molar-refractivity contribution in [2.75, 3.05) is 18.9 Å². The summed E-state index contributed by atoms with van der Waals surface area (Å²) >= 11 is 0. The summed E-state index contributed by atoms with van der Waals surface area (Å²) in [6, 6.07) is 8.31. The van der Waals surface area contributed by atoms with E-state index in [4.69, 9.17) is 11.6 Å². The summed E-state index contributed by atoms with van der Waals surface area (Å²) in [5.41, 5.74) is 7.83. The molecule has 88 valence electrons. The monoisotopic (exact) mass is 220 g/mol. The van der Waals surface area contributed by atoms with Gasteiger partial charge in [0.1, 0.15) is 0 Å². The van der Waals surface area contributed by atoms with Crippen LogP contribution in [0, 0.1) is 0 Å². The van der Waals surface area contributed by atoms with Crippen LogP contribution in [-0.4, -0.2) is 18.6 Å². The van der Waals surface area contributed by atoms with Crippen LogP contribution in [0.5, 0.6) is 0 Å². The van der Waals surface area contributed by atoms with Gasteiger partial charge in [-0.15, -0.1) is 0 Å². The highest BCUT2D eigenvalue weighted by atomic mass is 15.4. The Hall–Kier alpha value is -1.52. The lowest BCUT2D eigenvalue weighted by atomic mass is 10.1. The molecule has 0 aliphatic carbocycles. The van der Waals surface area contributed by atoms with E-state index in [1.54, 1.807) is 19.4 Å². The number of nitrogens with one attached hydrogen (secondary N) is 1. The van der Waals surface area contributed by atoms with Crippen molar-refractivity contribution < 1.29 is 0 Å². The first-order valence-corrected chi connectivity index (χ1v) is 5.42. The minimum absolute atomic E-state index is 0.742. The van der Waals surface area contributed by atoms with E-state index in [-0.39, 0.29) is 0 Å². The average Bonchev–Trinajstić information content (AvgIpc) is 2.27. The molecule has 1 rings (SSSR count). The summed E-state index contributed by atoms with van der Waals surface area (Å²) < 4.78 is 0. The fourth-order valence-corrected chi connectivity index (χ4v) is 1.32. The fraction of sp³-hybridized carbons (Fsp3) is 0.333. The van der Waals surface area contributed by atoms with Crippen molar-refractivity contribution in [2.24, 2.45) is 11.6 Å². The zero-order valence-electron chi connectivity index (χ0n) is 9.69. The van der Waals surface area contributed by atoms with E-state index in [1.807, 2.05) is 12.1 Å². The molecule has 0 spiro atoms. The van der Waals surface area contributed by atoms with Crippen LogP contribution in [0.2, 0.25) is 0 Å². The number of hydrazine groups is 1. The SMILES string of the molecule is CN(N)/C=C\Nc1ccc(CCCN)cc1. The van der Waals surface area contributed by atoms with Gasteiger partial charge in [-0.2, -0.15) is 0 Å². The lowest BCUT2D eigenvalue weighted by Gasteiger charge is -2.06. The Labute approximate surface area is 96.9 Å². The molecular weight excluding hydrogens is 200 g/mol. The second kappa shape index (κ2) is 6.87. The quantitative estimate of drug-likeness (QED) is 0.499. The molecular formula is C12H20N4. The smallest absolute Gasteiger partial charge is 0.0380 e. The molecule has 4 heteroatoms. The molecule has 0 atom stereocenters. The largest absolute Gasteiger partial charge is 0.360 e. The van der Waals surface area contributed by atoms with Crippen molar-refractivity contribution >= 4 is 5.69 Å². The summed E-state index contributed by atoms with van der Waals surface area (Å²) in [5, 5.41) is 4.62. The Morgan fingerprint density at radius 3 is 2.56 bits per heavy atom. The van der Waals surface area contributed by atoms with Gasteiger partial charge in [0.05, 0.1) is 0 Å². The summed E-state index contributed by atoms with van der Waals surface area (Å²) in [6.07, 6.45) is 5.63. The molecule has 0 aromatic heterocycles. The number of rotatable bonds is 6. The van der Waals surface area contributed by atoms with Gasteiger partial charge in [0.25, 0.3) is 0 Å². The molecule has 0 bridgehead atoms. The highest BCUT2D eigenvalue weighted by Crippen LogP contribution is 2.10. The molecule has 0 heterocycles. The van der Waals surface area contributed by atoms with Gasteiger partial charge in [0.15, 0.2) is 0 Å². The maximum Gasteiger partial charge on any atom is 0.0380 e. The predicted octanol–water partition coefficient (Wildman–Crippen LogP) is 1.27. The van der Waals surface area contributed by atoms with E-state index >= 15 is 0 Å². The van der Waals surface area contributed by atoms with Gasteiger partial charge in [-0.25, -0.2) is 5.84 Å². The topological polar surface area (TPSA) is 67.3 Å². The minimum atomic E-state index is 0.742. The maximum absolute atomic E-state index is 5.46. The molecule has 16 heavy (non-hydrogen) atoms. The van der Waals surface area contributed by atoms with E-state index in [9.17, 15) is 0 Å². The standard InChI is InChI=1S/C12H20N4/c1-16(14)10-9-15-12-6-4-11(5-7-12)3-2-8-13/h4-7,9-10,15H,2-3,8,13-14H2,1H3/b10-9-. The summed E-state index contributed by atoms with van der Waals surface area (Å²) in [5.74, 6) is 5.43. The van der Waals surface area contributed by atoms with Crippen molar-refractivity contribution in [3.05, 3.63) is 42.2 Å². The molecule has 4 nitrogen and oxygen atoms in total. The third kappa shape index (κ3) is 4.82. The van der Waals surface area contributed by atoms with E-state index in [0.29, 0.717) is 0 Å². The molecule has 1 aromatic rings. The van der Waals surface area contributed by atoms with Crippen LogP contribution in [0.25, 0.3) is 0 Å². The Balaban J connectivity index is 2.45. The van der Waals surface area contributed by atoms with Crippen molar-refractivity contribution in [2.45, 2.75) is 12.8 Å². The van der Waals surface area contributed by atoms with Gasteiger partial charge >= 0.3 is 0 Å². The van der Waals surface area contributed by atoms with Gasteiger partial charge in [-0.05, 0) is 37.1 Å². The number of benzene rings is 1. The Bertz CT molecular complexity index is 316. The molecule has 0 aliphatic heterocycles. The van der Waals surface area contributed by atoms with Crippen LogP contribution in [0.15, 0.2) is 36.7 Å². The third-order valence-corrected chi connectivity index (χ3v) is 2.18. The van der Waals surface area contributed by atoms with E-state index in [1.165, 1.54) is 10.6 Å². The number of hydrogen-bond donors (Lipinski definition) is 3. The number of anilines is 1. The van der Waals surface area contributed by atoms with E-state index in [0.717, 1.165) is 25.1 Å². The zero-order valence-corrected chi connectivity index (χ0v) is 9.69. The molecule has 0 saturated heterocycles. The first kappa shape index (κ1) is 12.5. The molecule has 0 fully saturated rings. The molecule has 0 unspecified atom stereocenters. The molecule has 0 aliphatic rings. The van der Waals surface area contributed by atoms with Gasteiger partial charge < -0.3 is 16.1 Å². The highest BCUT2D eigenvalue weighted by molar-refractivity contribution is 5.46. The summed E-state index contributed by atoms with van der Waals surface area (Å²) in [4.78, 5) is 0. The van der Waals surface area contributed by atoms with Crippen LogP contribution < -0.4 is 16.9 Å². The summed E-state index contributed by atoms with van der Waals surface area (Å²) in [7, 11) is 1.77. The van der Waals surface area contributed by atoms with E-state index in [2.05, 4.69) is 17.4 Å². The Kier molecular flexibility index (Phi) is 5.39. The number of hydrogen-bond acceptors (Lipinski definition) is 4. The Morgan fingerprint density at radius 1 is 1.31 bits per heavy atom. The van der Waals surface area contributed by atoms with Crippen molar-refractivity contribution in [3.63, 3.8) is 0 Å². The van der Waals surface area contributed by atoms with Crippen molar-refractivity contribution in [1.29, 1.82) is 0 Å². The fourth-order valence-electron chi connectivity index (χ4n) is 1.32. The Morgan fingerprint density at radius 2 is 2.00 bits per heavy atom. The van der Waals surface area contributed by atoms with Crippen molar-refractivity contribution in [1.82, 2.24) is 5.01 Å². The first-order chi connectivity index (χ1) is 7.72. The van der Waals surface area contributed by atoms with Gasteiger partial charge in [-0.3, -0.25) is 0 Å². The van der Waals surface area contributed by atoms with Crippen LogP contribution in [0.1, 0.15) is 12.0 Å². The maximum atomic E-state index is 5.46. The third-order valence-electron chi connectivity index (χ3n) is 2.18. The molecule has 5 N–H and O–H groups in total. The molecule has 0 amide bonds. The van der Waals surface area contributed by atoms with Gasteiger partial charge in [0.2, 0.25) is 0 Å². The first-order valence-electron chi connectivity index (χ1n) is 5.42. The average molecular weight is 220 g/mol. The molecule has 0 radical (unpaired) electrons. The van der Waals surface area contributed by atoms with Crippen molar-refractivity contribution in [3.8, 4) is 0 Å². The van der Waals surface area contributed by atoms with Gasteiger partial charge in [0, 0.05) is 25.1 Å². The summed E-state index contributed by atoms with van der Waals surface area (Å²) in [6.45, 7) is 0.742. The van der Waals surface area contributed by atoms with Gasteiger partial charge in [-0.1, -0.05) is 12.1 Å². The van der Waals surface area contributed by atoms with Crippen LogP contribution >= 0.6 is 0 Å². The molecule has 1 aromatic carbocycles. The molecule has 0 saturated carbocycles. The number of nitrogens with two attached hydrogens (primary N) is 2. The lowest BCUT2D eigenvalue weighted by Crippen LogP contribution is -2.18. The number of nitrogens with zero attached hydrogens (tertiary/aromatic N) is 1. The van der Waals surface area contributed by atoms with E-state index < -0.39 is 0 Å². The second-order valence-corrected chi connectivity index (χ2v) is 3.71. The van der Waals surface area contributed by atoms with Crippen LogP contribution in [0.4, 0.5) is 5.69 Å². The minimum Gasteiger partial charge on any atom is -0.360 e. The highest BCUT2D eigenvalue weighted by Gasteiger charge is 1.92. The van der Waals surface area contributed by atoms with Crippen LogP contribution in [0.3, 0.4) is 0 Å². The predicted molar refractivity (Wildman–Crippen MR) is 68.5 cm³/mol. The number of aryl methyl sites for hydroxylation is 1.